The molecule has 0 aliphatic heterocycles. The van der Waals surface area contributed by atoms with Crippen molar-refractivity contribution in [3.8, 4) is 0 Å². The summed E-state index contributed by atoms with van der Waals surface area (Å²) in [6, 6.07) is 0. The average molecular weight is 389 g/mol. The van der Waals surface area contributed by atoms with E-state index in [0.29, 0.717) is 29.7 Å². The SMILES string of the molecule is COC(=O)C1=C2CC[C@@H]3[C@@H](CC[C@]4(C)C(C(=O)OC)CC[C@@H]34)[C@@]2(C)CCC1=O. The van der Waals surface area contributed by atoms with Crippen LogP contribution in [0, 0.1) is 34.5 Å². The van der Waals surface area contributed by atoms with Gasteiger partial charge in [-0.15, -0.1) is 0 Å². The molecule has 0 N–H and O–H groups in total. The molecule has 0 bridgehead atoms. The van der Waals surface area contributed by atoms with Crippen molar-refractivity contribution in [3.05, 3.63) is 11.1 Å². The largest absolute Gasteiger partial charge is 0.469 e. The van der Waals surface area contributed by atoms with Crippen LogP contribution in [0.25, 0.3) is 0 Å². The maximum atomic E-state index is 12.5. The molecule has 0 radical (unpaired) electrons. The molecule has 0 aromatic rings. The Morgan fingerprint density at radius 1 is 0.929 bits per heavy atom. The molecule has 0 aromatic heterocycles. The van der Waals surface area contributed by atoms with Gasteiger partial charge >= 0.3 is 11.9 Å². The third-order valence-electron chi connectivity index (χ3n) is 9.00. The highest BCUT2D eigenvalue weighted by molar-refractivity contribution is 6.18. The van der Waals surface area contributed by atoms with E-state index in [1.54, 1.807) is 0 Å². The number of esters is 2. The van der Waals surface area contributed by atoms with Crippen molar-refractivity contribution in [1.29, 1.82) is 0 Å². The zero-order chi connectivity index (χ0) is 20.3. The minimum absolute atomic E-state index is 0.00626. The topological polar surface area (TPSA) is 69.7 Å². The lowest BCUT2D eigenvalue weighted by molar-refractivity contribution is -0.153. The van der Waals surface area contributed by atoms with Crippen LogP contribution in [0.3, 0.4) is 0 Å². The van der Waals surface area contributed by atoms with Gasteiger partial charge in [0.2, 0.25) is 0 Å². The van der Waals surface area contributed by atoms with Crippen LogP contribution in [0.2, 0.25) is 0 Å². The van der Waals surface area contributed by atoms with Gasteiger partial charge in [-0.1, -0.05) is 13.8 Å². The molecule has 4 aliphatic rings. The number of methoxy groups -OCH3 is 2. The lowest BCUT2D eigenvalue weighted by Crippen LogP contribution is -2.52. The minimum atomic E-state index is -0.461. The molecule has 0 saturated heterocycles. The number of carbonyl (C=O) groups excluding carboxylic acids is 3. The molecule has 4 aliphatic carbocycles. The summed E-state index contributed by atoms with van der Waals surface area (Å²) in [5.74, 6) is 0.983. The van der Waals surface area contributed by atoms with E-state index in [4.69, 9.17) is 9.47 Å². The summed E-state index contributed by atoms with van der Waals surface area (Å²) in [6.07, 6.45) is 7.11. The number of Topliss-reactive ketones (excluding diaryl/α,β-unsaturated/α-hetero) is 1. The smallest absolute Gasteiger partial charge is 0.341 e. The predicted molar refractivity (Wildman–Crippen MR) is 103 cm³/mol. The molecular formula is C23H32O5. The van der Waals surface area contributed by atoms with Crippen molar-refractivity contribution >= 4 is 17.7 Å². The average Bonchev–Trinajstić information content (AvgIpc) is 3.04. The summed E-state index contributed by atoms with van der Waals surface area (Å²) in [5.41, 5.74) is 1.29. The van der Waals surface area contributed by atoms with Gasteiger partial charge in [0.25, 0.3) is 0 Å². The van der Waals surface area contributed by atoms with E-state index in [1.807, 2.05) is 0 Å². The molecule has 6 atom stereocenters. The third kappa shape index (κ3) is 2.54. The Labute approximate surface area is 167 Å². The molecule has 5 heteroatoms. The van der Waals surface area contributed by atoms with Crippen LogP contribution in [0.15, 0.2) is 11.1 Å². The maximum Gasteiger partial charge on any atom is 0.341 e. The van der Waals surface area contributed by atoms with E-state index in [2.05, 4.69) is 13.8 Å². The third-order valence-corrected chi connectivity index (χ3v) is 9.00. The van der Waals surface area contributed by atoms with Gasteiger partial charge in [0.1, 0.15) is 5.57 Å². The van der Waals surface area contributed by atoms with Crippen molar-refractivity contribution in [1.82, 2.24) is 0 Å². The first-order chi connectivity index (χ1) is 13.3. The fraction of sp³-hybridized carbons (Fsp3) is 0.783. The Balaban J connectivity index is 1.70. The summed E-state index contributed by atoms with van der Waals surface area (Å²) < 4.78 is 10.1. The Morgan fingerprint density at radius 2 is 1.68 bits per heavy atom. The Hall–Kier alpha value is -1.65. The van der Waals surface area contributed by atoms with Crippen LogP contribution in [-0.2, 0) is 23.9 Å². The molecule has 0 aromatic carbocycles. The number of hydrogen-bond donors (Lipinski definition) is 0. The van der Waals surface area contributed by atoms with Gasteiger partial charge in [-0.25, -0.2) is 4.79 Å². The summed E-state index contributed by atoms with van der Waals surface area (Å²) in [5, 5.41) is 0. The summed E-state index contributed by atoms with van der Waals surface area (Å²) in [4.78, 5) is 37.3. The van der Waals surface area contributed by atoms with Crippen molar-refractivity contribution < 1.29 is 23.9 Å². The monoisotopic (exact) mass is 388 g/mol. The van der Waals surface area contributed by atoms with Crippen LogP contribution >= 0.6 is 0 Å². The fourth-order valence-electron chi connectivity index (χ4n) is 7.58. The van der Waals surface area contributed by atoms with E-state index >= 15 is 0 Å². The van der Waals surface area contributed by atoms with Gasteiger partial charge < -0.3 is 9.47 Å². The van der Waals surface area contributed by atoms with Crippen LogP contribution in [0.1, 0.15) is 65.2 Å². The molecule has 5 nitrogen and oxygen atoms in total. The zero-order valence-corrected chi connectivity index (χ0v) is 17.5. The first-order valence-corrected chi connectivity index (χ1v) is 10.7. The number of ketones is 1. The van der Waals surface area contributed by atoms with E-state index in [1.165, 1.54) is 14.2 Å². The van der Waals surface area contributed by atoms with Crippen LogP contribution in [-0.4, -0.2) is 31.9 Å². The zero-order valence-electron chi connectivity index (χ0n) is 17.5. The Kier molecular flexibility index (Phi) is 4.71. The van der Waals surface area contributed by atoms with E-state index < -0.39 is 5.97 Å². The maximum absolute atomic E-state index is 12.5. The molecule has 154 valence electrons. The van der Waals surface area contributed by atoms with Crippen molar-refractivity contribution in [2.75, 3.05) is 14.2 Å². The minimum Gasteiger partial charge on any atom is -0.469 e. The number of rotatable bonds is 2. The Morgan fingerprint density at radius 3 is 2.36 bits per heavy atom. The van der Waals surface area contributed by atoms with Gasteiger partial charge in [-0.2, -0.15) is 0 Å². The summed E-state index contributed by atoms with van der Waals surface area (Å²) in [7, 11) is 2.86. The molecule has 3 fully saturated rings. The van der Waals surface area contributed by atoms with Crippen molar-refractivity contribution in [3.63, 3.8) is 0 Å². The van der Waals surface area contributed by atoms with Crippen LogP contribution < -0.4 is 0 Å². The summed E-state index contributed by atoms with van der Waals surface area (Å²) in [6.45, 7) is 4.56. The highest BCUT2D eigenvalue weighted by atomic mass is 16.5. The highest BCUT2D eigenvalue weighted by Crippen LogP contribution is 2.67. The highest BCUT2D eigenvalue weighted by Gasteiger charge is 2.61. The second-order valence-electron chi connectivity index (χ2n) is 9.80. The molecule has 3 saturated carbocycles. The van der Waals surface area contributed by atoms with Crippen LogP contribution in [0.4, 0.5) is 0 Å². The molecule has 0 heterocycles. The normalized spacial score (nSPS) is 42.4. The lowest BCUT2D eigenvalue weighted by atomic mass is 9.46. The molecular weight excluding hydrogens is 356 g/mol. The van der Waals surface area contributed by atoms with Crippen molar-refractivity contribution in [2.45, 2.75) is 65.2 Å². The number of allylic oxidation sites excluding steroid dienone is 1. The van der Waals surface area contributed by atoms with Gasteiger partial charge in [0, 0.05) is 6.42 Å². The number of hydrogen-bond acceptors (Lipinski definition) is 5. The number of carbonyl (C=O) groups is 3. The molecule has 4 rings (SSSR count). The van der Waals surface area contributed by atoms with E-state index in [0.717, 1.165) is 50.5 Å². The number of fused-ring (bicyclic) bond motifs is 5. The predicted octanol–water partition coefficient (Wildman–Crippen LogP) is 3.85. The van der Waals surface area contributed by atoms with E-state index in [9.17, 15) is 14.4 Å². The first kappa shape index (κ1) is 19.7. The van der Waals surface area contributed by atoms with Gasteiger partial charge in [0.05, 0.1) is 20.1 Å². The fourth-order valence-corrected chi connectivity index (χ4v) is 7.58. The molecule has 28 heavy (non-hydrogen) atoms. The molecule has 0 spiro atoms. The first-order valence-electron chi connectivity index (χ1n) is 10.7. The van der Waals surface area contributed by atoms with E-state index in [-0.39, 0.29) is 28.5 Å². The quantitative estimate of drug-likeness (QED) is 0.531. The number of ether oxygens (including phenoxy) is 2. The molecule has 0 amide bonds. The lowest BCUT2D eigenvalue weighted by Gasteiger charge is -2.58. The Bertz CT molecular complexity index is 752. The summed E-state index contributed by atoms with van der Waals surface area (Å²) >= 11 is 0. The van der Waals surface area contributed by atoms with Gasteiger partial charge in [0.15, 0.2) is 5.78 Å². The standard InChI is InChI=1S/C23H32O5/c1-22-12-10-18(24)19(21(26)28-4)16(22)6-5-13-14-7-8-17(20(25)27-3)23(14,2)11-9-15(13)22/h13-15,17H,5-12H2,1-4H3/t13-,14-,15+,17?,22+,23-/m0/s1. The van der Waals surface area contributed by atoms with Crippen LogP contribution in [0.5, 0.6) is 0 Å². The molecule has 1 unspecified atom stereocenters. The van der Waals surface area contributed by atoms with Gasteiger partial charge in [-0.3, -0.25) is 9.59 Å². The van der Waals surface area contributed by atoms with Gasteiger partial charge in [-0.05, 0) is 79.1 Å². The second kappa shape index (κ2) is 6.70. The second-order valence-corrected chi connectivity index (χ2v) is 9.80. The van der Waals surface area contributed by atoms with Crippen molar-refractivity contribution in [2.24, 2.45) is 34.5 Å².